The van der Waals surface area contributed by atoms with Gasteiger partial charge >= 0.3 is 5.91 Å². The van der Waals surface area contributed by atoms with Crippen LogP contribution in [-0.4, -0.2) is 40.1 Å². The average Bonchev–Trinajstić information content (AvgIpc) is 1.95. The summed E-state index contributed by atoms with van der Waals surface area (Å²) >= 11 is 1.00. The summed E-state index contributed by atoms with van der Waals surface area (Å²) in [4.78, 5) is 22.5. The molecule has 1 rings (SSSR count). The lowest BCUT2D eigenvalue weighted by Gasteiger charge is -2.21. The lowest BCUT2D eigenvalue weighted by atomic mass is 10.5. The number of carbonyl (C=O) groups is 2. The quantitative estimate of drug-likeness (QED) is 0.503. The number of hydrogen-bond acceptors (Lipinski definition) is 4. The van der Waals surface area contributed by atoms with E-state index in [0.29, 0.717) is 12.3 Å². The Morgan fingerprint density at radius 2 is 2.30 bits per heavy atom. The van der Waals surface area contributed by atoms with Crippen LogP contribution in [0.25, 0.3) is 0 Å². The maximum absolute atomic E-state index is 10.8. The number of aliphatic hydroxyl groups excluding tert-OH is 1. The summed E-state index contributed by atoms with van der Waals surface area (Å²) in [7, 11) is 0. The van der Waals surface area contributed by atoms with Crippen LogP contribution in [0.15, 0.2) is 0 Å². The number of aliphatic hydroxyl groups is 1. The van der Waals surface area contributed by atoms with Gasteiger partial charge in [0.15, 0.2) is 0 Å². The molecular formula is C5H7NO3S. The lowest BCUT2D eigenvalue weighted by molar-refractivity contribution is -0.143. The third-order valence-corrected chi connectivity index (χ3v) is 2.05. The van der Waals surface area contributed by atoms with Crippen LogP contribution in [0.4, 0.5) is 0 Å². The predicted octanol–water partition coefficient (Wildman–Crippen LogP) is -0.962. The molecule has 0 atom stereocenters. The Balaban J connectivity index is 2.60. The first-order valence-corrected chi connectivity index (χ1v) is 3.81. The Bertz CT molecular complexity index is 170. The van der Waals surface area contributed by atoms with Crippen molar-refractivity contribution in [3.63, 3.8) is 0 Å². The van der Waals surface area contributed by atoms with E-state index in [1.54, 1.807) is 0 Å². The van der Waals surface area contributed by atoms with Crippen LogP contribution in [0.5, 0.6) is 0 Å². The second-order valence-electron chi connectivity index (χ2n) is 1.85. The zero-order chi connectivity index (χ0) is 7.56. The topological polar surface area (TPSA) is 57.6 Å². The third-order valence-electron chi connectivity index (χ3n) is 1.23. The standard InChI is InChI=1S/C5H7NO3S/c7-3-6-1-2-10-5(9)4(6)8/h7H,1-3H2. The molecule has 1 saturated heterocycles. The molecule has 0 saturated carbocycles. The molecule has 4 nitrogen and oxygen atoms in total. The van der Waals surface area contributed by atoms with Crippen molar-refractivity contribution in [2.75, 3.05) is 19.0 Å². The fourth-order valence-corrected chi connectivity index (χ4v) is 1.43. The van der Waals surface area contributed by atoms with Crippen molar-refractivity contribution in [2.45, 2.75) is 0 Å². The van der Waals surface area contributed by atoms with Crippen molar-refractivity contribution in [1.82, 2.24) is 4.90 Å². The molecule has 10 heavy (non-hydrogen) atoms. The van der Waals surface area contributed by atoms with Crippen molar-refractivity contribution in [3.05, 3.63) is 0 Å². The monoisotopic (exact) mass is 161 g/mol. The minimum Gasteiger partial charge on any atom is -0.376 e. The second kappa shape index (κ2) is 3.03. The van der Waals surface area contributed by atoms with Crippen molar-refractivity contribution < 1.29 is 14.7 Å². The van der Waals surface area contributed by atoms with Crippen LogP contribution in [-0.2, 0) is 9.59 Å². The molecule has 1 amide bonds. The molecule has 56 valence electrons. The van der Waals surface area contributed by atoms with E-state index in [4.69, 9.17) is 5.11 Å². The molecule has 1 N–H and O–H groups in total. The van der Waals surface area contributed by atoms with Crippen molar-refractivity contribution >= 4 is 22.8 Å². The largest absolute Gasteiger partial charge is 0.376 e. The first kappa shape index (κ1) is 7.56. The van der Waals surface area contributed by atoms with E-state index in [2.05, 4.69) is 0 Å². The number of thioether (sulfide) groups is 1. The molecule has 0 bridgehead atoms. The second-order valence-corrected chi connectivity index (χ2v) is 2.91. The first-order chi connectivity index (χ1) is 4.75. The Morgan fingerprint density at radius 3 is 2.80 bits per heavy atom. The first-order valence-electron chi connectivity index (χ1n) is 2.82. The minimum absolute atomic E-state index is 0.356. The van der Waals surface area contributed by atoms with Gasteiger partial charge in [-0.1, -0.05) is 11.8 Å². The van der Waals surface area contributed by atoms with E-state index in [-0.39, 0.29) is 6.73 Å². The fourth-order valence-electron chi connectivity index (χ4n) is 0.676. The van der Waals surface area contributed by atoms with Gasteiger partial charge in [-0.05, 0) is 0 Å². The molecule has 1 fully saturated rings. The van der Waals surface area contributed by atoms with E-state index in [9.17, 15) is 9.59 Å². The van der Waals surface area contributed by atoms with Crippen LogP contribution in [0.2, 0.25) is 0 Å². The predicted molar refractivity (Wildman–Crippen MR) is 36.3 cm³/mol. The maximum atomic E-state index is 10.8. The molecule has 0 aromatic rings. The Hall–Kier alpha value is -0.550. The minimum atomic E-state index is -0.584. The Morgan fingerprint density at radius 1 is 1.60 bits per heavy atom. The lowest BCUT2D eigenvalue weighted by Crippen LogP contribution is -2.41. The highest BCUT2D eigenvalue weighted by atomic mass is 32.2. The van der Waals surface area contributed by atoms with Gasteiger partial charge in [0.2, 0.25) is 0 Å². The van der Waals surface area contributed by atoms with E-state index in [1.165, 1.54) is 0 Å². The fraction of sp³-hybridized carbons (Fsp3) is 0.600. The number of rotatable bonds is 1. The van der Waals surface area contributed by atoms with Crippen LogP contribution in [0.1, 0.15) is 0 Å². The third kappa shape index (κ3) is 1.30. The van der Waals surface area contributed by atoms with Crippen LogP contribution < -0.4 is 0 Å². The summed E-state index contributed by atoms with van der Waals surface area (Å²) in [6.45, 7) is 0.108. The summed E-state index contributed by atoms with van der Waals surface area (Å²) in [5.74, 6) is 0.00394. The normalized spacial score (nSPS) is 19.9. The Kier molecular flexibility index (Phi) is 2.29. The molecule has 5 heteroatoms. The summed E-state index contributed by atoms with van der Waals surface area (Å²) in [5, 5.41) is 8.05. The molecular weight excluding hydrogens is 154 g/mol. The van der Waals surface area contributed by atoms with Gasteiger partial charge in [-0.25, -0.2) is 0 Å². The van der Waals surface area contributed by atoms with E-state index >= 15 is 0 Å². The van der Waals surface area contributed by atoms with Gasteiger partial charge in [0.25, 0.3) is 5.12 Å². The van der Waals surface area contributed by atoms with Crippen molar-refractivity contribution in [1.29, 1.82) is 0 Å². The van der Waals surface area contributed by atoms with Gasteiger partial charge in [0.1, 0.15) is 6.73 Å². The zero-order valence-electron chi connectivity index (χ0n) is 5.24. The molecule has 0 aliphatic carbocycles. The smallest absolute Gasteiger partial charge is 0.303 e. The Labute approximate surface area is 62.2 Å². The van der Waals surface area contributed by atoms with Gasteiger partial charge in [0, 0.05) is 12.3 Å². The molecule has 1 aliphatic rings. The number of hydrogen-bond donors (Lipinski definition) is 1. The zero-order valence-corrected chi connectivity index (χ0v) is 6.06. The highest BCUT2D eigenvalue weighted by molar-refractivity contribution is 8.15. The van der Waals surface area contributed by atoms with Crippen LogP contribution in [0.3, 0.4) is 0 Å². The van der Waals surface area contributed by atoms with Gasteiger partial charge in [0.05, 0.1) is 0 Å². The molecule has 0 aromatic carbocycles. The summed E-state index contributed by atoms with van der Waals surface area (Å²) < 4.78 is 0. The van der Waals surface area contributed by atoms with E-state index in [1.807, 2.05) is 0 Å². The summed E-state index contributed by atoms with van der Waals surface area (Å²) in [5.41, 5.74) is 0. The van der Waals surface area contributed by atoms with E-state index < -0.39 is 11.0 Å². The number of carbonyl (C=O) groups excluding carboxylic acids is 2. The molecule has 0 unspecified atom stereocenters. The number of amides is 1. The molecule has 1 aliphatic heterocycles. The van der Waals surface area contributed by atoms with Gasteiger partial charge < -0.3 is 10.0 Å². The highest BCUT2D eigenvalue weighted by Crippen LogP contribution is 2.11. The van der Waals surface area contributed by atoms with E-state index in [0.717, 1.165) is 16.7 Å². The summed E-state index contributed by atoms with van der Waals surface area (Å²) in [6.07, 6.45) is 0. The molecule has 0 spiro atoms. The molecule has 1 heterocycles. The van der Waals surface area contributed by atoms with Gasteiger partial charge in [-0.2, -0.15) is 0 Å². The van der Waals surface area contributed by atoms with Crippen molar-refractivity contribution in [2.24, 2.45) is 0 Å². The summed E-state index contributed by atoms with van der Waals surface area (Å²) in [6, 6.07) is 0. The SMILES string of the molecule is O=C1SCCN(CO)C1=O. The van der Waals surface area contributed by atoms with Crippen molar-refractivity contribution in [3.8, 4) is 0 Å². The molecule has 0 radical (unpaired) electrons. The maximum Gasteiger partial charge on any atom is 0.303 e. The van der Waals surface area contributed by atoms with Crippen LogP contribution in [0, 0.1) is 0 Å². The van der Waals surface area contributed by atoms with Gasteiger partial charge in [-0.3, -0.25) is 9.59 Å². The van der Waals surface area contributed by atoms with Crippen LogP contribution >= 0.6 is 11.8 Å². The average molecular weight is 161 g/mol. The highest BCUT2D eigenvalue weighted by Gasteiger charge is 2.25. The van der Waals surface area contributed by atoms with Gasteiger partial charge in [-0.15, -0.1) is 0 Å². The molecule has 0 aromatic heterocycles. The number of nitrogens with zero attached hydrogens (tertiary/aromatic N) is 1.